The van der Waals surface area contributed by atoms with Gasteiger partial charge in [-0.1, -0.05) is 31.5 Å². The van der Waals surface area contributed by atoms with Gasteiger partial charge < -0.3 is 10.4 Å². The van der Waals surface area contributed by atoms with Gasteiger partial charge in [0, 0.05) is 14.3 Å². The fourth-order valence-corrected chi connectivity index (χ4v) is 7.09. The fraction of sp³-hybridized carbons (Fsp3) is 0.429. The number of urea groups is 1. The van der Waals surface area contributed by atoms with Gasteiger partial charge >= 0.3 is 6.03 Å². The summed E-state index contributed by atoms with van der Waals surface area (Å²) in [4.78, 5) is 13.3. The molecule has 0 bridgehead atoms. The van der Waals surface area contributed by atoms with E-state index in [1.807, 2.05) is 30.3 Å². The van der Waals surface area contributed by atoms with Crippen molar-refractivity contribution >= 4 is 31.5 Å². The minimum atomic E-state index is -2.84. The van der Waals surface area contributed by atoms with E-state index in [2.05, 4.69) is 21.7 Å². The number of nitrogens with zero attached hydrogens (tertiary/aromatic N) is 3. The monoisotopic (exact) mass is 537 g/mol. The number of para-hydroxylation sites is 1. The highest BCUT2D eigenvalue weighted by atomic mass is 32.8. The van der Waals surface area contributed by atoms with E-state index in [4.69, 9.17) is 16.3 Å². The number of aromatic nitrogens is 2. The first-order valence-corrected chi connectivity index (χ1v) is 15.6. The van der Waals surface area contributed by atoms with Gasteiger partial charge in [-0.3, -0.25) is 5.14 Å². The van der Waals surface area contributed by atoms with Gasteiger partial charge in [0.2, 0.25) is 0 Å². The van der Waals surface area contributed by atoms with Crippen LogP contribution in [0.3, 0.4) is 0 Å². The zero-order chi connectivity index (χ0) is 26.4. The Balaban J connectivity index is 1.52. The smallest absolute Gasteiger partial charge is 0.353 e. The molecule has 1 aromatic heterocycles. The molecule has 0 radical (unpaired) electrons. The largest absolute Gasteiger partial charge is 0.384 e. The summed E-state index contributed by atoms with van der Waals surface area (Å²) in [6.45, 7) is 5.58. The molecule has 0 saturated heterocycles. The Morgan fingerprint density at radius 1 is 1.14 bits per heavy atom. The molecule has 4 N–H and O–H groups in total. The molecule has 2 aliphatic rings. The molecule has 1 atom stereocenters. The van der Waals surface area contributed by atoms with Crippen LogP contribution in [0.4, 0.5) is 10.5 Å². The SMILES string of the molecule is CCCc1c2c(c(NC(=O)N=S(N)(=S)c3cc(C(C)(C)O)n(-c4ccccc4)n3)c3c1CCC3)CCC2. The summed E-state index contributed by atoms with van der Waals surface area (Å²) < 4.78 is 5.90. The topological polar surface area (TPSA) is 106 Å². The van der Waals surface area contributed by atoms with Crippen LogP contribution >= 0.6 is 0 Å². The van der Waals surface area contributed by atoms with E-state index >= 15 is 0 Å². The molecule has 0 aliphatic heterocycles. The second kappa shape index (κ2) is 9.94. The summed E-state index contributed by atoms with van der Waals surface area (Å²) in [6.07, 6.45) is 8.52. The first kappa shape index (κ1) is 26.0. The minimum Gasteiger partial charge on any atom is -0.384 e. The van der Waals surface area contributed by atoms with Crippen molar-refractivity contribution in [2.24, 2.45) is 9.50 Å². The van der Waals surface area contributed by atoms with Crippen LogP contribution in [-0.4, -0.2) is 20.9 Å². The van der Waals surface area contributed by atoms with Crippen molar-refractivity contribution < 1.29 is 9.90 Å². The average Bonchev–Trinajstić information content (AvgIpc) is 3.60. The molecule has 9 heteroatoms. The van der Waals surface area contributed by atoms with Crippen molar-refractivity contribution in [1.29, 1.82) is 0 Å². The molecule has 0 saturated carbocycles. The molecule has 3 aromatic rings. The van der Waals surface area contributed by atoms with Crippen molar-refractivity contribution in [3.63, 3.8) is 0 Å². The lowest BCUT2D eigenvalue weighted by Crippen LogP contribution is -2.20. The average molecular weight is 538 g/mol. The highest BCUT2D eigenvalue weighted by Gasteiger charge is 2.30. The Labute approximate surface area is 223 Å². The number of carbonyl (C=O) groups excluding carboxylic acids is 1. The Hall–Kier alpha value is -2.59. The number of nitrogens with two attached hydrogens (primary N) is 1. The fourth-order valence-electron chi connectivity index (χ4n) is 5.78. The van der Waals surface area contributed by atoms with E-state index in [0.717, 1.165) is 62.7 Å². The second-order valence-electron chi connectivity index (χ2n) is 10.5. The molecule has 5 rings (SSSR count). The van der Waals surface area contributed by atoms with Crippen LogP contribution in [0.2, 0.25) is 0 Å². The number of hydrogen-bond acceptors (Lipinski definition) is 4. The molecule has 37 heavy (non-hydrogen) atoms. The number of rotatable bonds is 6. The van der Waals surface area contributed by atoms with Crippen LogP contribution in [-0.2, 0) is 57.5 Å². The van der Waals surface area contributed by atoms with Crippen LogP contribution in [0, 0.1) is 0 Å². The van der Waals surface area contributed by atoms with Gasteiger partial charge in [0.15, 0.2) is 0 Å². The maximum absolute atomic E-state index is 13.3. The Kier molecular flexibility index (Phi) is 7.00. The van der Waals surface area contributed by atoms with E-state index in [-0.39, 0.29) is 0 Å². The Bertz CT molecular complexity index is 1440. The van der Waals surface area contributed by atoms with Gasteiger partial charge in [0.1, 0.15) is 10.6 Å². The molecule has 196 valence electrons. The van der Waals surface area contributed by atoms with Gasteiger partial charge in [0.05, 0.1) is 11.4 Å². The van der Waals surface area contributed by atoms with Gasteiger partial charge in [-0.25, -0.2) is 9.48 Å². The maximum Gasteiger partial charge on any atom is 0.353 e. The third-order valence-corrected chi connectivity index (χ3v) is 9.30. The molecule has 2 aliphatic carbocycles. The number of hydrogen-bond donors (Lipinski definition) is 3. The second-order valence-corrected chi connectivity index (χ2v) is 13.8. The number of fused-ring (bicyclic) bond motifs is 2. The number of benzene rings is 2. The highest BCUT2D eigenvalue weighted by Crippen LogP contribution is 2.42. The molecular weight excluding hydrogens is 502 g/mol. The molecule has 1 heterocycles. The standard InChI is InChI=1S/C28H35N5O2S2/c1-4-10-19-20-13-8-15-22(20)26(23-16-9-14-21(19)23)30-27(34)32-37(29,36)25-17-24(28(2,3)35)33(31-25)18-11-6-5-7-12-18/h5-7,11-12,17,35H,4,8-10,13-16H2,1-3H3,(H3,29,30,32,34,36). The van der Waals surface area contributed by atoms with Crippen LogP contribution in [0.25, 0.3) is 5.69 Å². The van der Waals surface area contributed by atoms with E-state index < -0.39 is 20.2 Å². The lowest BCUT2D eigenvalue weighted by molar-refractivity contribution is 0.0711. The molecule has 0 fully saturated rings. The zero-order valence-corrected chi connectivity index (χ0v) is 23.3. The van der Waals surface area contributed by atoms with Crippen molar-refractivity contribution in [1.82, 2.24) is 9.78 Å². The zero-order valence-electron chi connectivity index (χ0n) is 21.7. The van der Waals surface area contributed by atoms with Crippen molar-refractivity contribution in [3.05, 3.63) is 69.9 Å². The first-order valence-electron chi connectivity index (χ1n) is 13.0. The number of anilines is 1. The number of carbonyl (C=O) groups is 1. The summed E-state index contributed by atoms with van der Waals surface area (Å²) in [6, 6.07) is 10.6. The number of aliphatic hydroxyl groups is 1. The van der Waals surface area contributed by atoms with E-state index in [9.17, 15) is 9.90 Å². The van der Waals surface area contributed by atoms with Crippen LogP contribution < -0.4 is 10.5 Å². The normalized spacial score (nSPS) is 16.2. The van der Waals surface area contributed by atoms with E-state index in [1.54, 1.807) is 24.6 Å². The number of amides is 2. The molecule has 0 spiro atoms. The van der Waals surface area contributed by atoms with Crippen molar-refractivity contribution in [3.8, 4) is 5.69 Å². The Morgan fingerprint density at radius 3 is 2.30 bits per heavy atom. The van der Waals surface area contributed by atoms with Gasteiger partial charge in [0.25, 0.3) is 0 Å². The summed E-state index contributed by atoms with van der Waals surface area (Å²) in [5, 5.41) is 25.3. The van der Waals surface area contributed by atoms with Crippen LogP contribution in [0.1, 0.15) is 73.5 Å². The molecular formula is C28H35N5O2S2. The van der Waals surface area contributed by atoms with E-state index in [1.165, 1.54) is 27.8 Å². The molecule has 7 nitrogen and oxygen atoms in total. The molecule has 1 unspecified atom stereocenters. The summed E-state index contributed by atoms with van der Waals surface area (Å²) in [5.41, 5.74) is 7.95. The summed E-state index contributed by atoms with van der Waals surface area (Å²) >= 11 is 5.68. The predicted octanol–water partition coefficient (Wildman–Crippen LogP) is 5.29. The van der Waals surface area contributed by atoms with Crippen molar-refractivity contribution in [2.75, 3.05) is 5.32 Å². The lowest BCUT2D eigenvalue weighted by atomic mass is 9.90. The van der Waals surface area contributed by atoms with Gasteiger partial charge in [-0.2, -0.15) is 5.10 Å². The summed E-state index contributed by atoms with van der Waals surface area (Å²) in [7, 11) is -2.84. The third kappa shape index (κ3) is 4.97. The van der Waals surface area contributed by atoms with Crippen LogP contribution in [0.15, 0.2) is 45.8 Å². The molecule has 2 aromatic carbocycles. The molecule has 2 amide bonds. The quantitative estimate of drug-likeness (QED) is 0.396. The summed E-state index contributed by atoms with van der Waals surface area (Å²) in [5.74, 6) is 0. The third-order valence-electron chi connectivity index (χ3n) is 7.33. The highest BCUT2D eigenvalue weighted by molar-refractivity contribution is 8.33. The van der Waals surface area contributed by atoms with Crippen LogP contribution in [0.5, 0.6) is 0 Å². The maximum atomic E-state index is 13.3. The first-order chi connectivity index (χ1) is 17.6. The van der Waals surface area contributed by atoms with Gasteiger partial charge in [-0.15, -0.1) is 4.36 Å². The van der Waals surface area contributed by atoms with Gasteiger partial charge in [-0.05, 0) is 116 Å². The van der Waals surface area contributed by atoms with Crippen molar-refractivity contribution in [2.45, 2.75) is 82.8 Å². The number of nitrogens with one attached hydrogen (secondary N) is 1. The Morgan fingerprint density at radius 2 is 1.73 bits per heavy atom. The lowest BCUT2D eigenvalue weighted by Gasteiger charge is -2.20. The minimum absolute atomic E-state index is 0.312. The van der Waals surface area contributed by atoms with E-state index in [0.29, 0.717) is 10.7 Å². The predicted molar refractivity (Wildman–Crippen MR) is 152 cm³/mol.